The first kappa shape index (κ1) is 8.84. The molecule has 0 aliphatic rings. The largest absolute Gasteiger partial charge is 0.367 e. The summed E-state index contributed by atoms with van der Waals surface area (Å²) < 4.78 is 1.54. The lowest BCUT2D eigenvalue weighted by Gasteiger charge is -1.98. The minimum absolute atomic E-state index is 0.451. The fourth-order valence-corrected chi connectivity index (χ4v) is 1.61. The molecule has 16 heavy (non-hydrogen) atoms. The normalized spacial score (nSPS) is 10.8. The van der Waals surface area contributed by atoms with E-state index in [4.69, 9.17) is 0 Å². The molecule has 3 aromatic rings. The van der Waals surface area contributed by atoms with Crippen LogP contribution in [0.5, 0.6) is 0 Å². The highest BCUT2D eigenvalue weighted by molar-refractivity contribution is 5.74. The van der Waals surface area contributed by atoms with Crippen LogP contribution in [0.2, 0.25) is 0 Å². The molecule has 5 heteroatoms. The van der Waals surface area contributed by atoms with Gasteiger partial charge in [-0.05, 0) is 18.2 Å². The van der Waals surface area contributed by atoms with Gasteiger partial charge in [-0.25, -0.2) is 9.50 Å². The number of hydrogen-bond acceptors (Lipinski definition) is 3. The third kappa shape index (κ3) is 1.22. The molecule has 3 aromatic heterocycles. The van der Waals surface area contributed by atoms with Gasteiger partial charge in [-0.15, -0.1) is 0 Å². The van der Waals surface area contributed by atoms with Gasteiger partial charge in [-0.2, -0.15) is 5.10 Å². The lowest BCUT2D eigenvalue weighted by Crippen LogP contribution is -1.97. The highest BCUT2D eigenvalue weighted by Crippen LogP contribution is 2.16. The summed E-state index contributed by atoms with van der Waals surface area (Å²) in [5, 5.41) is 4.35. The van der Waals surface area contributed by atoms with Crippen molar-refractivity contribution < 1.29 is 4.79 Å². The maximum Gasteiger partial charge on any atom is 0.170 e. The Morgan fingerprint density at radius 1 is 1.31 bits per heavy atom. The van der Waals surface area contributed by atoms with Crippen molar-refractivity contribution in [3.63, 3.8) is 0 Å². The molecule has 0 atom stereocenters. The molecule has 0 unspecified atom stereocenters. The fourth-order valence-electron chi connectivity index (χ4n) is 1.61. The predicted octanol–water partition coefficient (Wildman–Crippen LogP) is 1.54. The monoisotopic (exact) mass is 212 g/mol. The zero-order chi connectivity index (χ0) is 11.0. The lowest BCUT2D eigenvalue weighted by atomic mass is 10.2. The van der Waals surface area contributed by atoms with Gasteiger partial charge in [0, 0.05) is 18.0 Å². The van der Waals surface area contributed by atoms with Gasteiger partial charge in [0.1, 0.15) is 5.69 Å². The summed E-state index contributed by atoms with van der Waals surface area (Å²) in [4.78, 5) is 17.8. The lowest BCUT2D eigenvalue weighted by molar-refractivity contribution is 0.111. The van der Waals surface area contributed by atoms with E-state index in [-0.39, 0.29) is 0 Å². The number of carbonyl (C=O) groups is 1. The first-order valence-electron chi connectivity index (χ1n) is 4.81. The van der Waals surface area contributed by atoms with Crippen LogP contribution in [0, 0.1) is 0 Å². The molecule has 5 nitrogen and oxygen atoms in total. The van der Waals surface area contributed by atoms with Crippen LogP contribution < -0.4 is 0 Å². The van der Waals surface area contributed by atoms with E-state index in [0.29, 0.717) is 11.3 Å². The van der Waals surface area contributed by atoms with Crippen LogP contribution >= 0.6 is 0 Å². The zero-order valence-electron chi connectivity index (χ0n) is 8.29. The van der Waals surface area contributed by atoms with Crippen molar-refractivity contribution in [3.8, 4) is 11.3 Å². The number of nitrogens with zero attached hydrogens (tertiary/aromatic N) is 3. The number of aldehydes is 1. The Bertz CT molecular complexity index is 639. The Morgan fingerprint density at radius 3 is 3.00 bits per heavy atom. The number of aromatic amines is 1. The Kier molecular flexibility index (Phi) is 1.83. The number of imidazole rings is 1. The smallest absolute Gasteiger partial charge is 0.170 e. The number of aromatic nitrogens is 4. The number of carbonyl (C=O) groups excluding carboxylic acids is 1. The van der Waals surface area contributed by atoms with Crippen LogP contribution in [-0.2, 0) is 0 Å². The van der Waals surface area contributed by atoms with Gasteiger partial charge in [0.15, 0.2) is 11.9 Å². The molecule has 0 fully saturated rings. The molecule has 0 amide bonds. The molecule has 0 radical (unpaired) electrons. The van der Waals surface area contributed by atoms with E-state index < -0.39 is 0 Å². The number of hydrogen-bond donors (Lipinski definition) is 1. The summed E-state index contributed by atoms with van der Waals surface area (Å²) in [6.45, 7) is 0. The van der Waals surface area contributed by atoms with Gasteiger partial charge in [-0.3, -0.25) is 4.79 Å². The second-order valence-corrected chi connectivity index (χ2v) is 3.39. The van der Waals surface area contributed by atoms with Crippen molar-refractivity contribution in [2.75, 3.05) is 0 Å². The minimum Gasteiger partial charge on any atom is -0.367 e. The van der Waals surface area contributed by atoms with Crippen molar-refractivity contribution in [2.45, 2.75) is 0 Å². The molecule has 3 heterocycles. The van der Waals surface area contributed by atoms with E-state index in [9.17, 15) is 4.79 Å². The molecule has 0 saturated carbocycles. The number of fused-ring (bicyclic) bond motifs is 1. The van der Waals surface area contributed by atoms with Gasteiger partial charge in [0.2, 0.25) is 0 Å². The van der Waals surface area contributed by atoms with Crippen LogP contribution in [0.1, 0.15) is 10.5 Å². The van der Waals surface area contributed by atoms with Crippen LogP contribution in [0.15, 0.2) is 36.8 Å². The first-order chi connectivity index (χ1) is 7.88. The van der Waals surface area contributed by atoms with Crippen molar-refractivity contribution in [2.24, 2.45) is 0 Å². The minimum atomic E-state index is 0.451. The fraction of sp³-hybridized carbons (Fsp3) is 0. The SMILES string of the molecule is O=Cc1cnc2ccc(-c3cc[nH]c3)nn12. The Labute approximate surface area is 90.8 Å². The van der Waals surface area contributed by atoms with E-state index >= 15 is 0 Å². The highest BCUT2D eigenvalue weighted by Gasteiger charge is 2.05. The van der Waals surface area contributed by atoms with Gasteiger partial charge >= 0.3 is 0 Å². The third-order valence-electron chi connectivity index (χ3n) is 2.40. The maximum atomic E-state index is 10.8. The number of nitrogens with one attached hydrogen (secondary N) is 1. The van der Waals surface area contributed by atoms with E-state index in [1.165, 1.54) is 10.7 Å². The summed E-state index contributed by atoms with van der Waals surface area (Å²) in [7, 11) is 0. The molecule has 0 aromatic carbocycles. The average Bonchev–Trinajstić information content (AvgIpc) is 2.97. The summed E-state index contributed by atoms with van der Waals surface area (Å²) in [6.07, 6.45) is 5.94. The van der Waals surface area contributed by atoms with Crippen LogP contribution in [0.4, 0.5) is 0 Å². The van der Waals surface area contributed by atoms with E-state index in [1.807, 2.05) is 30.6 Å². The highest BCUT2D eigenvalue weighted by atomic mass is 16.1. The molecule has 1 N–H and O–H groups in total. The van der Waals surface area contributed by atoms with E-state index in [1.54, 1.807) is 0 Å². The molecule has 0 aliphatic heterocycles. The summed E-state index contributed by atoms with van der Waals surface area (Å²) >= 11 is 0. The summed E-state index contributed by atoms with van der Waals surface area (Å²) in [6, 6.07) is 5.63. The molecule has 0 saturated heterocycles. The van der Waals surface area contributed by atoms with Crippen molar-refractivity contribution in [3.05, 3.63) is 42.5 Å². The molecule has 0 aliphatic carbocycles. The summed E-state index contributed by atoms with van der Waals surface area (Å²) in [5.41, 5.74) is 2.90. The Balaban J connectivity index is 2.25. The average molecular weight is 212 g/mol. The van der Waals surface area contributed by atoms with Crippen LogP contribution in [0.3, 0.4) is 0 Å². The van der Waals surface area contributed by atoms with Gasteiger partial charge < -0.3 is 4.98 Å². The van der Waals surface area contributed by atoms with Gasteiger partial charge in [0.05, 0.1) is 11.9 Å². The number of rotatable bonds is 2. The van der Waals surface area contributed by atoms with E-state index in [2.05, 4.69) is 15.1 Å². The number of H-pyrrole nitrogens is 1. The molecular formula is C11H8N4O. The molecule has 0 bridgehead atoms. The Hall–Kier alpha value is -2.43. The van der Waals surface area contributed by atoms with Crippen molar-refractivity contribution in [1.29, 1.82) is 0 Å². The molecule has 78 valence electrons. The predicted molar refractivity (Wildman–Crippen MR) is 58.2 cm³/mol. The van der Waals surface area contributed by atoms with E-state index in [0.717, 1.165) is 17.5 Å². The second kappa shape index (κ2) is 3.30. The molecule has 3 rings (SSSR count). The standard InChI is InChI=1S/C11H8N4O/c16-7-9-6-13-11-2-1-10(14-15(9)11)8-3-4-12-5-8/h1-7,12H. The van der Waals surface area contributed by atoms with Gasteiger partial charge in [0.25, 0.3) is 0 Å². The second-order valence-electron chi connectivity index (χ2n) is 3.39. The molecular weight excluding hydrogens is 204 g/mol. The zero-order valence-corrected chi connectivity index (χ0v) is 8.29. The Morgan fingerprint density at radius 2 is 2.25 bits per heavy atom. The first-order valence-corrected chi connectivity index (χ1v) is 4.81. The van der Waals surface area contributed by atoms with Crippen molar-refractivity contribution in [1.82, 2.24) is 19.6 Å². The third-order valence-corrected chi connectivity index (χ3v) is 2.40. The summed E-state index contributed by atoms with van der Waals surface area (Å²) in [5.74, 6) is 0. The quantitative estimate of drug-likeness (QED) is 0.655. The maximum absolute atomic E-state index is 10.8. The van der Waals surface area contributed by atoms with Crippen LogP contribution in [-0.4, -0.2) is 25.9 Å². The topological polar surface area (TPSA) is 63.0 Å². The van der Waals surface area contributed by atoms with Gasteiger partial charge in [-0.1, -0.05) is 0 Å². The molecule has 0 spiro atoms. The van der Waals surface area contributed by atoms with Crippen LogP contribution in [0.25, 0.3) is 16.9 Å². The van der Waals surface area contributed by atoms with Crippen molar-refractivity contribution >= 4 is 11.9 Å².